The highest BCUT2D eigenvalue weighted by Crippen LogP contribution is 2.34. The summed E-state index contributed by atoms with van der Waals surface area (Å²) in [5.74, 6) is 0.954. The molecule has 4 nitrogen and oxygen atoms in total. The molecule has 0 aliphatic carbocycles. The zero-order valence-electron chi connectivity index (χ0n) is 16.2. The molecule has 6 heteroatoms. The highest BCUT2D eigenvalue weighted by Gasteiger charge is 2.30. The van der Waals surface area contributed by atoms with Crippen LogP contribution in [0.1, 0.15) is 11.1 Å². The first-order chi connectivity index (χ1) is 14.7. The van der Waals surface area contributed by atoms with Gasteiger partial charge in [0.25, 0.3) is 5.24 Å². The predicted molar refractivity (Wildman–Crippen MR) is 123 cm³/mol. The average molecular weight is 434 g/mol. The van der Waals surface area contributed by atoms with Gasteiger partial charge in [-0.15, -0.1) is 11.3 Å². The van der Waals surface area contributed by atoms with Gasteiger partial charge in [-0.3, -0.25) is 14.5 Å². The number of imide groups is 1. The molecule has 5 rings (SSSR count). The van der Waals surface area contributed by atoms with Gasteiger partial charge in [0.05, 0.1) is 18.9 Å². The Bertz CT molecular complexity index is 1240. The molecule has 1 aliphatic heterocycles. The second kappa shape index (κ2) is 8.13. The fraction of sp³-hybridized carbons (Fsp3) is 0.167. The highest BCUT2D eigenvalue weighted by atomic mass is 32.2. The Morgan fingerprint density at radius 2 is 1.77 bits per heavy atom. The number of nitrogens with zero attached hydrogens (tertiary/aromatic N) is 1. The molecular formula is C24H19NO3S2. The molecule has 0 radical (unpaired) electrons. The minimum atomic E-state index is -0.167. The summed E-state index contributed by atoms with van der Waals surface area (Å²) in [5.41, 5.74) is 2.25. The van der Waals surface area contributed by atoms with Gasteiger partial charge in [-0.1, -0.05) is 60.3 Å². The molecule has 0 spiro atoms. The third-order valence-corrected chi connectivity index (χ3v) is 7.18. The van der Waals surface area contributed by atoms with Crippen molar-refractivity contribution < 1.29 is 14.3 Å². The van der Waals surface area contributed by atoms with Crippen LogP contribution >= 0.6 is 23.1 Å². The number of hydrogen-bond acceptors (Lipinski definition) is 5. The van der Waals surface area contributed by atoms with Crippen molar-refractivity contribution in [3.05, 3.63) is 77.2 Å². The molecule has 1 saturated heterocycles. The molecule has 0 saturated carbocycles. The van der Waals surface area contributed by atoms with Gasteiger partial charge in [0, 0.05) is 16.5 Å². The van der Waals surface area contributed by atoms with Crippen molar-refractivity contribution >= 4 is 55.1 Å². The van der Waals surface area contributed by atoms with Gasteiger partial charge >= 0.3 is 0 Å². The summed E-state index contributed by atoms with van der Waals surface area (Å²) in [6.45, 7) is 0.899. The zero-order chi connectivity index (χ0) is 20.5. The van der Waals surface area contributed by atoms with Crippen molar-refractivity contribution in [3.63, 3.8) is 0 Å². The summed E-state index contributed by atoms with van der Waals surface area (Å²) in [6, 6.07) is 20.7. The van der Waals surface area contributed by atoms with Crippen molar-refractivity contribution in [2.24, 2.45) is 0 Å². The zero-order valence-corrected chi connectivity index (χ0v) is 17.8. The van der Waals surface area contributed by atoms with Crippen LogP contribution in [0.2, 0.25) is 0 Å². The Labute approximate surface area is 182 Å². The maximum atomic E-state index is 12.0. The molecule has 1 aromatic heterocycles. The van der Waals surface area contributed by atoms with Gasteiger partial charge < -0.3 is 4.74 Å². The van der Waals surface area contributed by atoms with E-state index in [1.165, 1.54) is 21.2 Å². The molecule has 1 aliphatic rings. The van der Waals surface area contributed by atoms with Crippen LogP contribution in [0.5, 0.6) is 5.75 Å². The van der Waals surface area contributed by atoms with Crippen LogP contribution < -0.4 is 4.74 Å². The number of rotatable bonds is 6. The van der Waals surface area contributed by atoms with Crippen LogP contribution in [0, 0.1) is 0 Å². The first-order valence-electron chi connectivity index (χ1n) is 9.76. The van der Waals surface area contributed by atoms with E-state index in [9.17, 15) is 9.59 Å². The van der Waals surface area contributed by atoms with E-state index in [2.05, 4.69) is 42.5 Å². The third kappa shape index (κ3) is 3.57. The minimum absolute atomic E-state index is 0.120. The maximum absolute atomic E-state index is 12.0. The lowest BCUT2D eigenvalue weighted by Gasteiger charge is -2.15. The summed E-state index contributed by atoms with van der Waals surface area (Å²) >= 11 is 2.68. The first kappa shape index (κ1) is 19.2. The number of carbonyl (C=O) groups excluding carboxylic acids is 2. The summed E-state index contributed by atoms with van der Waals surface area (Å²) < 4.78 is 7.22. The van der Waals surface area contributed by atoms with E-state index in [-0.39, 0.29) is 16.9 Å². The predicted octanol–water partition coefficient (Wildman–Crippen LogP) is 5.87. The van der Waals surface area contributed by atoms with Crippen molar-refractivity contribution in [3.8, 4) is 5.75 Å². The van der Waals surface area contributed by atoms with E-state index >= 15 is 0 Å². The molecule has 0 bridgehead atoms. The Hall–Kier alpha value is -2.83. The first-order valence-corrected chi connectivity index (χ1v) is 11.6. The number of fused-ring (bicyclic) bond motifs is 2. The van der Waals surface area contributed by atoms with E-state index in [4.69, 9.17) is 4.74 Å². The molecular weight excluding hydrogens is 414 g/mol. The van der Waals surface area contributed by atoms with Crippen molar-refractivity contribution in [1.29, 1.82) is 0 Å². The number of amides is 2. The summed E-state index contributed by atoms with van der Waals surface area (Å²) in [5, 5.41) is 5.39. The number of benzene rings is 3. The van der Waals surface area contributed by atoms with Crippen LogP contribution in [0.3, 0.4) is 0 Å². The van der Waals surface area contributed by atoms with Gasteiger partial charge in [-0.05, 0) is 39.4 Å². The number of thiophene rings is 1. The van der Waals surface area contributed by atoms with Crippen LogP contribution in [0.25, 0.3) is 20.9 Å². The van der Waals surface area contributed by atoms with Gasteiger partial charge in [0.2, 0.25) is 5.91 Å². The van der Waals surface area contributed by atoms with Crippen LogP contribution in [0.15, 0.2) is 66.0 Å². The lowest BCUT2D eigenvalue weighted by atomic mass is 10.0. The molecule has 0 unspecified atom stereocenters. The maximum Gasteiger partial charge on any atom is 0.289 e. The van der Waals surface area contributed by atoms with E-state index in [0.29, 0.717) is 13.2 Å². The molecule has 150 valence electrons. The molecule has 1 fully saturated rings. The molecule has 0 atom stereocenters. The van der Waals surface area contributed by atoms with Gasteiger partial charge in [-0.2, -0.15) is 0 Å². The van der Waals surface area contributed by atoms with Crippen molar-refractivity contribution in [2.75, 3.05) is 12.4 Å². The molecule has 2 heterocycles. The number of carbonyl (C=O) groups is 2. The molecule has 30 heavy (non-hydrogen) atoms. The second-order valence-electron chi connectivity index (χ2n) is 7.16. The smallest absolute Gasteiger partial charge is 0.289 e. The summed E-state index contributed by atoms with van der Waals surface area (Å²) in [6.07, 6.45) is 0.822. The number of ether oxygens (including phenoxy) is 1. The number of thioether (sulfide) groups is 1. The largest absolute Gasteiger partial charge is 0.493 e. The Morgan fingerprint density at radius 3 is 2.63 bits per heavy atom. The number of hydrogen-bond donors (Lipinski definition) is 0. The molecule has 4 aromatic rings. The van der Waals surface area contributed by atoms with Crippen molar-refractivity contribution in [2.45, 2.75) is 13.0 Å². The van der Waals surface area contributed by atoms with Gasteiger partial charge in [0.1, 0.15) is 5.75 Å². The van der Waals surface area contributed by atoms with Crippen molar-refractivity contribution in [1.82, 2.24) is 4.90 Å². The topological polar surface area (TPSA) is 46.6 Å². The van der Waals surface area contributed by atoms with Crippen LogP contribution in [-0.2, 0) is 17.8 Å². The van der Waals surface area contributed by atoms with Gasteiger partial charge in [0.15, 0.2) is 0 Å². The van der Waals surface area contributed by atoms with E-state index in [1.54, 1.807) is 11.3 Å². The lowest BCUT2D eigenvalue weighted by Crippen LogP contribution is -2.27. The van der Waals surface area contributed by atoms with Crippen LogP contribution in [-0.4, -0.2) is 28.4 Å². The average Bonchev–Trinajstić information content (AvgIpc) is 3.38. The van der Waals surface area contributed by atoms with Crippen LogP contribution in [0.4, 0.5) is 4.79 Å². The molecule has 3 aromatic carbocycles. The molecule has 2 amide bonds. The summed E-state index contributed by atoms with van der Waals surface area (Å²) in [7, 11) is 0. The third-order valence-electron chi connectivity index (χ3n) is 5.34. The van der Waals surface area contributed by atoms with E-state index in [1.807, 2.05) is 23.6 Å². The van der Waals surface area contributed by atoms with E-state index < -0.39 is 0 Å². The Balaban J connectivity index is 1.34. The fourth-order valence-corrected chi connectivity index (χ4v) is 5.47. The fourth-order valence-electron chi connectivity index (χ4n) is 3.83. The normalized spacial score (nSPS) is 14.2. The SMILES string of the molecule is O=C1CSC(=O)N1Cc1ccc(OCCc2cccc3ccccc23)c2ccsc12. The van der Waals surface area contributed by atoms with E-state index in [0.717, 1.165) is 39.6 Å². The second-order valence-corrected chi connectivity index (χ2v) is 9.00. The Morgan fingerprint density at radius 1 is 0.900 bits per heavy atom. The van der Waals surface area contributed by atoms with Gasteiger partial charge in [-0.25, -0.2) is 0 Å². The quantitative estimate of drug-likeness (QED) is 0.381. The standard InChI is InChI=1S/C24H19NO3S2/c26-22-15-30-24(27)25(22)14-18-8-9-21(20-11-13-29-23(18)20)28-12-10-17-6-3-5-16-4-1-2-7-19(16)17/h1-9,11,13H,10,12,14-15H2. The molecule has 0 N–H and O–H groups in total. The lowest BCUT2D eigenvalue weighted by molar-refractivity contribution is -0.124. The Kier molecular flexibility index (Phi) is 5.19. The minimum Gasteiger partial charge on any atom is -0.493 e. The monoisotopic (exact) mass is 433 g/mol. The summed E-state index contributed by atoms with van der Waals surface area (Å²) in [4.78, 5) is 25.2. The highest BCUT2D eigenvalue weighted by molar-refractivity contribution is 8.14.